The number of benzene rings is 1. The van der Waals surface area contributed by atoms with Crippen molar-refractivity contribution in [1.82, 2.24) is 15.1 Å². The minimum atomic E-state index is -0.215. The average Bonchev–Trinajstić information content (AvgIpc) is 2.63. The highest BCUT2D eigenvalue weighted by atomic mass is 35.5. The lowest BCUT2D eigenvalue weighted by molar-refractivity contribution is 0.102. The number of urea groups is 1. The highest BCUT2D eigenvalue weighted by Gasteiger charge is 2.26. The van der Waals surface area contributed by atoms with Crippen molar-refractivity contribution < 1.29 is 14.3 Å². The first kappa shape index (κ1) is 17.3. The van der Waals surface area contributed by atoms with Gasteiger partial charge in [0.25, 0.3) is 0 Å². The lowest BCUT2D eigenvalue weighted by Gasteiger charge is -2.32. The van der Waals surface area contributed by atoms with Crippen LogP contribution in [0.5, 0.6) is 11.6 Å². The molecule has 0 saturated carbocycles. The van der Waals surface area contributed by atoms with Crippen LogP contribution in [0, 0.1) is 0 Å². The van der Waals surface area contributed by atoms with Crippen LogP contribution in [0.4, 0.5) is 10.5 Å². The number of piperidine rings is 1. The highest BCUT2D eigenvalue weighted by Crippen LogP contribution is 2.28. The number of hydrogen-bond donors (Lipinski definition) is 1. The van der Waals surface area contributed by atoms with Crippen molar-refractivity contribution in [3.05, 3.63) is 41.6 Å². The molecule has 25 heavy (non-hydrogen) atoms. The minimum absolute atomic E-state index is 0.113. The highest BCUT2D eigenvalue weighted by molar-refractivity contribution is 6.31. The Hall–Kier alpha value is -2.54. The van der Waals surface area contributed by atoms with Crippen molar-refractivity contribution in [2.24, 2.45) is 0 Å². The number of carbonyl (C=O) groups excluding carboxylic acids is 1. The summed E-state index contributed by atoms with van der Waals surface area (Å²) in [5, 5.41) is 11.1. The number of hydrogen-bond acceptors (Lipinski definition) is 5. The van der Waals surface area contributed by atoms with Gasteiger partial charge in [-0.05, 0) is 37.1 Å². The first-order valence-corrected chi connectivity index (χ1v) is 8.37. The summed E-state index contributed by atoms with van der Waals surface area (Å²) in [6, 6.07) is 8.39. The lowest BCUT2D eigenvalue weighted by atomic mass is 10.1. The van der Waals surface area contributed by atoms with Gasteiger partial charge in [-0.15, -0.1) is 5.10 Å². The molecular weight excluding hydrogens is 344 g/mol. The first-order valence-electron chi connectivity index (χ1n) is 7.99. The molecule has 3 rings (SSSR count). The maximum Gasteiger partial charge on any atom is 0.322 e. The molecule has 1 saturated heterocycles. The van der Waals surface area contributed by atoms with E-state index < -0.39 is 0 Å². The fraction of sp³-hybridized carbons (Fsp3) is 0.353. The zero-order valence-corrected chi connectivity index (χ0v) is 14.6. The maximum atomic E-state index is 12.6. The van der Waals surface area contributed by atoms with Crippen LogP contribution in [0.15, 0.2) is 36.5 Å². The van der Waals surface area contributed by atoms with Crippen LogP contribution in [-0.2, 0) is 0 Å². The largest absolute Gasteiger partial charge is 0.495 e. The number of rotatable bonds is 4. The summed E-state index contributed by atoms with van der Waals surface area (Å²) in [5.74, 6) is 1.02. The maximum absolute atomic E-state index is 12.6. The number of aromatic nitrogens is 2. The first-order chi connectivity index (χ1) is 12.2. The van der Waals surface area contributed by atoms with Crippen molar-refractivity contribution in [2.45, 2.75) is 18.9 Å². The number of methoxy groups -OCH3 is 1. The molecule has 1 fully saturated rings. The third-order valence-electron chi connectivity index (χ3n) is 3.90. The van der Waals surface area contributed by atoms with E-state index >= 15 is 0 Å². The van der Waals surface area contributed by atoms with Gasteiger partial charge in [0.05, 0.1) is 19.3 Å². The van der Waals surface area contributed by atoms with Crippen molar-refractivity contribution in [1.29, 1.82) is 0 Å². The normalized spacial score (nSPS) is 17.0. The van der Waals surface area contributed by atoms with Crippen LogP contribution in [0.2, 0.25) is 5.02 Å². The van der Waals surface area contributed by atoms with Gasteiger partial charge in [0.1, 0.15) is 11.9 Å². The Bertz CT molecular complexity index is 729. The summed E-state index contributed by atoms with van der Waals surface area (Å²) < 4.78 is 11.1. The molecule has 0 radical (unpaired) electrons. The lowest BCUT2D eigenvalue weighted by Crippen LogP contribution is -2.46. The molecule has 1 aromatic heterocycles. The number of nitrogens with zero attached hydrogens (tertiary/aromatic N) is 3. The van der Waals surface area contributed by atoms with E-state index in [0.717, 1.165) is 12.8 Å². The van der Waals surface area contributed by atoms with Gasteiger partial charge in [0.15, 0.2) is 0 Å². The van der Waals surface area contributed by atoms with Crippen molar-refractivity contribution >= 4 is 23.3 Å². The Morgan fingerprint density at radius 1 is 1.40 bits per heavy atom. The van der Waals surface area contributed by atoms with Gasteiger partial charge >= 0.3 is 6.03 Å². The van der Waals surface area contributed by atoms with Crippen molar-refractivity contribution in [3.8, 4) is 11.6 Å². The fourth-order valence-electron chi connectivity index (χ4n) is 2.71. The quantitative estimate of drug-likeness (QED) is 0.903. The third-order valence-corrected chi connectivity index (χ3v) is 4.14. The van der Waals surface area contributed by atoms with Crippen molar-refractivity contribution in [2.75, 3.05) is 25.5 Å². The zero-order chi connectivity index (χ0) is 17.6. The van der Waals surface area contributed by atoms with Gasteiger partial charge in [0, 0.05) is 23.8 Å². The molecule has 0 bridgehead atoms. The molecule has 2 aromatic rings. The van der Waals surface area contributed by atoms with E-state index in [0.29, 0.717) is 35.4 Å². The second kappa shape index (κ2) is 8.02. The van der Waals surface area contributed by atoms with Gasteiger partial charge in [-0.3, -0.25) is 0 Å². The van der Waals surface area contributed by atoms with Crippen LogP contribution >= 0.6 is 11.6 Å². The number of amides is 2. The van der Waals surface area contributed by atoms with Crippen LogP contribution < -0.4 is 14.8 Å². The number of anilines is 1. The van der Waals surface area contributed by atoms with E-state index in [1.807, 2.05) is 0 Å². The summed E-state index contributed by atoms with van der Waals surface area (Å²) in [6.45, 7) is 1.14. The number of halogens is 1. The van der Waals surface area contributed by atoms with Gasteiger partial charge in [0.2, 0.25) is 5.88 Å². The molecule has 1 N–H and O–H groups in total. The van der Waals surface area contributed by atoms with Crippen LogP contribution in [-0.4, -0.2) is 47.4 Å². The molecule has 1 aromatic carbocycles. The standard InChI is InChI=1S/C17H19ClN4O3/c1-24-15-7-6-12(18)10-14(15)20-17(23)22-9-3-4-13(11-22)25-16-5-2-8-19-21-16/h2,5-8,10,13H,3-4,9,11H2,1H3,(H,20,23). The third kappa shape index (κ3) is 4.51. The Labute approximate surface area is 150 Å². The predicted octanol–water partition coefficient (Wildman–Crippen LogP) is 3.21. The number of likely N-dealkylation sites (tertiary alicyclic amines) is 1. The summed E-state index contributed by atoms with van der Waals surface area (Å²) in [6.07, 6.45) is 3.19. The molecule has 2 amide bonds. The second-order valence-corrected chi connectivity index (χ2v) is 6.10. The topological polar surface area (TPSA) is 76.6 Å². The fourth-order valence-corrected chi connectivity index (χ4v) is 2.88. The number of carbonyl (C=O) groups is 1. The van der Waals surface area contributed by atoms with Gasteiger partial charge in [-0.25, -0.2) is 4.79 Å². The molecule has 2 heterocycles. The molecule has 1 aliphatic rings. The van der Waals surface area contributed by atoms with Gasteiger partial charge in [-0.1, -0.05) is 11.6 Å². The molecule has 1 atom stereocenters. The van der Waals surface area contributed by atoms with E-state index in [2.05, 4.69) is 15.5 Å². The van der Waals surface area contributed by atoms with E-state index in [1.54, 1.807) is 48.5 Å². The Morgan fingerprint density at radius 3 is 3.04 bits per heavy atom. The molecule has 132 valence electrons. The van der Waals surface area contributed by atoms with Crippen LogP contribution in [0.3, 0.4) is 0 Å². The summed E-state index contributed by atoms with van der Waals surface area (Å²) in [7, 11) is 1.55. The molecule has 1 unspecified atom stereocenters. The van der Waals surface area contributed by atoms with Crippen molar-refractivity contribution in [3.63, 3.8) is 0 Å². The Kier molecular flexibility index (Phi) is 5.55. The van der Waals surface area contributed by atoms with Crippen LogP contribution in [0.25, 0.3) is 0 Å². The zero-order valence-electron chi connectivity index (χ0n) is 13.8. The SMILES string of the molecule is COc1ccc(Cl)cc1NC(=O)N1CCCC(Oc2cccnn2)C1. The second-order valence-electron chi connectivity index (χ2n) is 5.66. The molecule has 1 aliphatic heterocycles. The Morgan fingerprint density at radius 2 is 2.28 bits per heavy atom. The van der Waals surface area contributed by atoms with Crippen LogP contribution in [0.1, 0.15) is 12.8 Å². The molecule has 0 spiro atoms. The summed E-state index contributed by atoms with van der Waals surface area (Å²) in [4.78, 5) is 14.3. The van der Waals surface area contributed by atoms with E-state index in [4.69, 9.17) is 21.1 Å². The monoisotopic (exact) mass is 362 g/mol. The number of nitrogens with one attached hydrogen (secondary N) is 1. The molecular formula is C17H19ClN4O3. The predicted molar refractivity (Wildman–Crippen MR) is 94.3 cm³/mol. The van der Waals surface area contributed by atoms with E-state index in [1.165, 1.54) is 0 Å². The smallest absolute Gasteiger partial charge is 0.322 e. The molecule has 8 heteroatoms. The summed E-state index contributed by atoms with van der Waals surface area (Å²) >= 11 is 6.00. The Balaban J connectivity index is 1.63. The van der Waals surface area contributed by atoms with Gasteiger partial charge < -0.3 is 19.7 Å². The minimum Gasteiger partial charge on any atom is -0.495 e. The molecule has 0 aliphatic carbocycles. The number of ether oxygens (including phenoxy) is 2. The van der Waals surface area contributed by atoms with Gasteiger partial charge in [-0.2, -0.15) is 5.10 Å². The van der Waals surface area contributed by atoms with E-state index in [-0.39, 0.29) is 12.1 Å². The summed E-state index contributed by atoms with van der Waals surface area (Å²) in [5.41, 5.74) is 0.539. The average molecular weight is 363 g/mol. The van der Waals surface area contributed by atoms with E-state index in [9.17, 15) is 4.79 Å². The molecule has 7 nitrogen and oxygen atoms in total.